The second-order valence-electron chi connectivity index (χ2n) is 4.12. The van der Waals surface area contributed by atoms with Crippen LogP contribution in [0.15, 0.2) is 40.2 Å². The largest absolute Gasteiger partial charge is 0.323 e. The van der Waals surface area contributed by atoms with Crippen LogP contribution in [-0.4, -0.2) is 0 Å². The normalized spacial score (nSPS) is 12.6. The molecule has 1 nitrogen and oxygen atoms in total. The molecule has 0 radical (unpaired) electrons. The average Bonchev–Trinajstić information content (AvgIpc) is 2.77. The highest BCUT2D eigenvalue weighted by atomic mass is 79.9. The molecule has 0 saturated heterocycles. The molecule has 2 rings (SSSR count). The van der Waals surface area contributed by atoms with Gasteiger partial charge < -0.3 is 5.73 Å². The number of nitrogens with two attached hydrogens (primary N) is 1. The van der Waals surface area contributed by atoms with Gasteiger partial charge in [-0.05, 0) is 52.0 Å². The second kappa shape index (κ2) is 5.80. The van der Waals surface area contributed by atoms with Gasteiger partial charge in [0.25, 0.3) is 0 Å². The van der Waals surface area contributed by atoms with Crippen LogP contribution in [0, 0.1) is 0 Å². The number of hydrogen-bond donors (Lipinski definition) is 1. The molecule has 17 heavy (non-hydrogen) atoms. The van der Waals surface area contributed by atoms with Crippen LogP contribution in [0.5, 0.6) is 0 Å². The van der Waals surface area contributed by atoms with Gasteiger partial charge in [0.15, 0.2) is 0 Å². The Morgan fingerprint density at radius 1 is 1.12 bits per heavy atom. The number of benzene rings is 1. The first-order valence-corrected chi connectivity index (χ1v) is 7.38. The molecule has 0 bridgehead atoms. The minimum atomic E-state index is 0.0961. The Kier molecular flexibility index (Phi) is 4.37. The zero-order valence-corrected chi connectivity index (χ0v) is 12.2. The summed E-state index contributed by atoms with van der Waals surface area (Å²) in [4.78, 5) is 1.23. The van der Waals surface area contributed by atoms with Gasteiger partial charge >= 0.3 is 0 Å². The van der Waals surface area contributed by atoms with Crippen molar-refractivity contribution in [1.82, 2.24) is 0 Å². The van der Waals surface area contributed by atoms with E-state index in [0.717, 1.165) is 16.6 Å². The standard InChI is InChI=1S/C14H16BrNS/c1-2-10-3-5-11(6-4-10)9-12(16)13-7-8-14(15)17-13/h3-8,12H,2,9,16H2,1H3. The fraction of sp³-hybridized carbons (Fsp3) is 0.286. The molecule has 1 heterocycles. The lowest BCUT2D eigenvalue weighted by atomic mass is 10.0. The van der Waals surface area contributed by atoms with Gasteiger partial charge in [-0.1, -0.05) is 31.2 Å². The lowest BCUT2D eigenvalue weighted by Gasteiger charge is -2.09. The van der Waals surface area contributed by atoms with Crippen molar-refractivity contribution in [2.45, 2.75) is 25.8 Å². The van der Waals surface area contributed by atoms with Gasteiger partial charge in [-0.25, -0.2) is 0 Å². The van der Waals surface area contributed by atoms with Crippen molar-refractivity contribution in [3.05, 3.63) is 56.2 Å². The van der Waals surface area contributed by atoms with Crippen molar-refractivity contribution >= 4 is 27.3 Å². The summed E-state index contributed by atoms with van der Waals surface area (Å²) < 4.78 is 1.14. The summed E-state index contributed by atoms with van der Waals surface area (Å²) >= 11 is 5.18. The number of hydrogen-bond acceptors (Lipinski definition) is 2. The maximum absolute atomic E-state index is 6.20. The molecule has 0 saturated carbocycles. The van der Waals surface area contributed by atoms with Gasteiger partial charge in [-0.15, -0.1) is 11.3 Å². The predicted molar refractivity (Wildman–Crippen MR) is 78.5 cm³/mol. The van der Waals surface area contributed by atoms with Crippen LogP contribution < -0.4 is 5.73 Å². The van der Waals surface area contributed by atoms with Gasteiger partial charge in [-0.2, -0.15) is 0 Å². The Bertz CT molecular complexity index is 475. The van der Waals surface area contributed by atoms with Crippen molar-refractivity contribution in [3.63, 3.8) is 0 Å². The smallest absolute Gasteiger partial charge is 0.0701 e. The average molecular weight is 310 g/mol. The van der Waals surface area contributed by atoms with E-state index in [4.69, 9.17) is 5.73 Å². The van der Waals surface area contributed by atoms with Gasteiger partial charge in [0.05, 0.1) is 3.79 Å². The summed E-state index contributed by atoms with van der Waals surface area (Å²) in [5.74, 6) is 0. The lowest BCUT2D eigenvalue weighted by Crippen LogP contribution is -2.11. The first kappa shape index (κ1) is 12.8. The Balaban J connectivity index is 2.04. The van der Waals surface area contributed by atoms with Crippen molar-refractivity contribution in [2.24, 2.45) is 5.73 Å². The topological polar surface area (TPSA) is 26.0 Å². The molecule has 1 aromatic heterocycles. The van der Waals surface area contributed by atoms with E-state index < -0.39 is 0 Å². The van der Waals surface area contributed by atoms with Crippen LogP contribution in [0.1, 0.15) is 29.0 Å². The van der Waals surface area contributed by atoms with E-state index >= 15 is 0 Å². The van der Waals surface area contributed by atoms with Gasteiger partial charge in [-0.3, -0.25) is 0 Å². The summed E-state index contributed by atoms with van der Waals surface area (Å²) in [5, 5.41) is 0. The monoisotopic (exact) mass is 309 g/mol. The Morgan fingerprint density at radius 3 is 2.29 bits per heavy atom. The minimum Gasteiger partial charge on any atom is -0.323 e. The Morgan fingerprint density at radius 2 is 1.76 bits per heavy atom. The summed E-state index contributed by atoms with van der Waals surface area (Å²) in [7, 11) is 0. The molecule has 0 spiro atoms. The molecule has 0 aliphatic heterocycles. The zero-order chi connectivity index (χ0) is 12.3. The molecule has 0 fully saturated rings. The molecule has 1 aromatic carbocycles. The maximum atomic E-state index is 6.20. The molecule has 2 N–H and O–H groups in total. The highest BCUT2D eigenvalue weighted by molar-refractivity contribution is 9.11. The number of halogens is 1. The molecular formula is C14H16BrNS. The van der Waals surface area contributed by atoms with Crippen LogP contribution in [0.3, 0.4) is 0 Å². The van der Waals surface area contributed by atoms with Crippen LogP contribution >= 0.6 is 27.3 Å². The highest BCUT2D eigenvalue weighted by Crippen LogP contribution is 2.27. The van der Waals surface area contributed by atoms with Crippen LogP contribution in [0.25, 0.3) is 0 Å². The molecule has 1 atom stereocenters. The SMILES string of the molecule is CCc1ccc(CC(N)c2ccc(Br)s2)cc1. The third-order valence-electron chi connectivity index (χ3n) is 2.85. The first-order valence-electron chi connectivity index (χ1n) is 5.77. The third-order valence-corrected chi connectivity index (χ3v) is 4.60. The number of thiophene rings is 1. The molecular weight excluding hydrogens is 294 g/mol. The van der Waals surface area contributed by atoms with E-state index in [1.165, 1.54) is 16.0 Å². The first-order chi connectivity index (χ1) is 8.19. The van der Waals surface area contributed by atoms with Crippen molar-refractivity contribution in [3.8, 4) is 0 Å². The van der Waals surface area contributed by atoms with Crippen molar-refractivity contribution in [2.75, 3.05) is 0 Å². The molecule has 0 amide bonds. The maximum Gasteiger partial charge on any atom is 0.0701 e. The Labute approximate surface area is 115 Å². The van der Waals surface area contributed by atoms with Crippen molar-refractivity contribution in [1.29, 1.82) is 0 Å². The van der Waals surface area contributed by atoms with Crippen LogP contribution in [0.2, 0.25) is 0 Å². The molecule has 0 aliphatic rings. The van der Waals surface area contributed by atoms with E-state index in [0.29, 0.717) is 0 Å². The van der Waals surface area contributed by atoms with E-state index in [1.54, 1.807) is 11.3 Å². The molecule has 90 valence electrons. The van der Waals surface area contributed by atoms with E-state index in [1.807, 2.05) is 0 Å². The molecule has 2 aromatic rings. The highest BCUT2D eigenvalue weighted by Gasteiger charge is 2.09. The van der Waals surface area contributed by atoms with E-state index in [9.17, 15) is 0 Å². The molecule has 3 heteroatoms. The second-order valence-corrected chi connectivity index (χ2v) is 6.62. The summed E-state index contributed by atoms with van der Waals surface area (Å²) in [5.41, 5.74) is 8.88. The predicted octanol–water partition coefficient (Wildman–Crippen LogP) is 4.32. The van der Waals surface area contributed by atoms with Gasteiger partial charge in [0.2, 0.25) is 0 Å². The summed E-state index contributed by atoms with van der Waals surface area (Å²) in [6, 6.07) is 13.0. The molecule has 1 unspecified atom stereocenters. The fourth-order valence-electron chi connectivity index (χ4n) is 1.79. The fourth-order valence-corrected chi connectivity index (χ4v) is 3.22. The van der Waals surface area contributed by atoms with E-state index in [-0.39, 0.29) is 6.04 Å². The van der Waals surface area contributed by atoms with Gasteiger partial charge in [0.1, 0.15) is 0 Å². The summed E-state index contributed by atoms with van der Waals surface area (Å²) in [6.45, 7) is 2.17. The quantitative estimate of drug-likeness (QED) is 0.894. The number of aryl methyl sites for hydroxylation is 1. The van der Waals surface area contributed by atoms with E-state index in [2.05, 4.69) is 59.3 Å². The minimum absolute atomic E-state index is 0.0961. The zero-order valence-electron chi connectivity index (χ0n) is 9.82. The lowest BCUT2D eigenvalue weighted by molar-refractivity contribution is 0.736. The summed E-state index contributed by atoms with van der Waals surface area (Å²) in [6.07, 6.45) is 1.99. The van der Waals surface area contributed by atoms with Crippen molar-refractivity contribution < 1.29 is 0 Å². The molecule has 0 aliphatic carbocycles. The van der Waals surface area contributed by atoms with Crippen LogP contribution in [-0.2, 0) is 12.8 Å². The third kappa shape index (κ3) is 3.41. The van der Waals surface area contributed by atoms with Crippen LogP contribution in [0.4, 0.5) is 0 Å². The van der Waals surface area contributed by atoms with Gasteiger partial charge in [0, 0.05) is 10.9 Å². The Hall–Kier alpha value is -0.640. The number of rotatable bonds is 4.